The molecule has 0 atom stereocenters. The predicted octanol–water partition coefficient (Wildman–Crippen LogP) is 5.64. The predicted molar refractivity (Wildman–Crippen MR) is 89.0 cm³/mol. The summed E-state index contributed by atoms with van der Waals surface area (Å²) in [6, 6.07) is 0. The topological polar surface area (TPSA) is 0 Å². The first-order chi connectivity index (χ1) is 9.41. The van der Waals surface area contributed by atoms with Gasteiger partial charge < -0.3 is 0 Å². The standard InChI is InChI=1S/C19H22/c1-3-5-7-9-11-13-15-17-19-18-16-14-12-10-8-6-4-2/h3-19H,1H2,2H3. The zero-order chi connectivity index (χ0) is 14.0. The second-order valence-corrected chi connectivity index (χ2v) is 3.46. The van der Waals surface area contributed by atoms with Crippen LogP contribution in [-0.2, 0) is 0 Å². The van der Waals surface area contributed by atoms with Gasteiger partial charge in [-0.3, -0.25) is 0 Å². The Hall–Kier alpha value is -2.34. The molecule has 0 saturated heterocycles. The maximum atomic E-state index is 3.59. The third-order valence-electron chi connectivity index (χ3n) is 1.88. The van der Waals surface area contributed by atoms with Crippen molar-refractivity contribution >= 4 is 0 Å². The van der Waals surface area contributed by atoms with E-state index in [1.807, 2.05) is 104 Å². The van der Waals surface area contributed by atoms with Gasteiger partial charge in [-0.2, -0.15) is 0 Å². The molecule has 0 nitrogen and oxygen atoms in total. The van der Waals surface area contributed by atoms with Crippen LogP contribution >= 0.6 is 0 Å². The van der Waals surface area contributed by atoms with Gasteiger partial charge in [0.1, 0.15) is 0 Å². The molecule has 0 aliphatic heterocycles. The van der Waals surface area contributed by atoms with Crippen molar-refractivity contribution < 1.29 is 0 Å². The molecule has 0 aromatic heterocycles. The van der Waals surface area contributed by atoms with Crippen LogP contribution in [0, 0.1) is 0 Å². The fourth-order valence-electron chi connectivity index (χ4n) is 1.02. The van der Waals surface area contributed by atoms with Crippen LogP contribution in [0.15, 0.2) is 110 Å². The second kappa shape index (κ2) is 15.7. The van der Waals surface area contributed by atoms with Crippen LogP contribution in [0.3, 0.4) is 0 Å². The van der Waals surface area contributed by atoms with Gasteiger partial charge in [0.05, 0.1) is 0 Å². The summed E-state index contributed by atoms with van der Waals surface area (Å²) >= 11 is 0. The molecule has 0 aliphatic carbocycles. The number of rotatable bonds is 8. The number of allylic oxidation sites excluding steroid dienone is 17. The van der Waals surface area contributed by atoms with Crippen LogP contribution < -0.4 is 0 Å². The van der Waals surface area contributed by atoms with E-state index in [-0.39, 0.29) is 0 Å². The van der Waals surface area contributed by atoms with E-state index in [1.165, 1.54) is 0 Å². The zero-order valence-corrected chi connectivity index (χ0v) is 11.5. The minimum absolute atomic E-state index is 1.75. The molecule has 0 saturated carbocycles. The van der Waals surface area contributed by atoms with Gasteiger partial charge in [-0.15, -0.1) is 0 Å². The molecule has 98 valence electrons. The smallest absolute Gasteiger partial charge is 0.0467 e. The Balaban J connectivity index is 3.84. The number of hydrogen-bond acceptors (Lipinski definition) is 0. The van der Waals surface area contributed by atoms with E-state index >= 15 is 0 Å². The van der Waals surface area contributed by atoms with Crippen LogP contribution in [0.4, 0.5) is 0 Å². The van der Waals surface area contributed by atoms with Gasteiger partial charge >= 0.3 is 0 Å². The monoisotopic (exact) mass is 250 g/mol. The zero-order valence-electron chi connectivity index (χ0n) is 11.5. The Bertz CT molecular complexity index is 433. The molecule has 0 N–H and O–H groups in total. The third kappa shape index (κ3) is 15.7. The Morgan fingerprint density at radius 1 is 0.421 bits per heavy atom. The van der Waals surface area contributed by atoms with E-state index < -0.39 is 0 Å². The molecule has 0 spiro atoms. The molecule has 0 unspecified atom stereocenters. The molecule has 0 aromatic carbocycles. The summed E-state index contributed by atoms with van der Waals surface area (Å²) in [6.45, 7) is 5.59. The van der Waals surface area contributed by atoms with E-state index in [0.29, 0.717) is 0 Å². The molecule has 0 bridgehead atoms. The summed E-state index contributed by atoms with van der Waals surface area (Å²) in [7, 11) is 0. The molecule has 0 aliphatic rings. The summed E-state index contributed by atoms with van der Waals surface area (Å²) in [5, 5.41) is 0. The minimum Gasteiger partial charge on any atom is -0.0991 e. The lowest BCUT2D eigenvalue weighted by Gasteiger charge is -1.75. The minimum atomic E-state index is 1.75. The average Bonchev–Trinajstić information content (AvgIpc) is 2.43. The number of hydrogen-bond donors (Lipinski definition) is 0. The van der Waals surface area contributed by atoms with E-state index in [1.54, 1.807) is 6.08 Å². The van der Waals surface area contributed by atoms with Gasteiger partial charge in [0.15, 0.2) is 0 Å². The average molecular weight is 250 g/mol. The van der Waals surface area contributed by atoms with E-state index in [0.717, 1.165) is 0 Å². The highest BCUT2D eigenvalue weighted by Gasteiger charge is 1.64. The largest absolute Gasteiger partial charge is 0.0991 e. The molecule has 0 aromatic rings. The van der Waals surface area contributed by atoms with E-state index in [2.05, 4.69) is 6.58 Å². The molecule has 0 heterocycles. The molecule has 19 heavy (non-hydrogen) atoms. The second-order valence-electron chi connectivity index (χ2n) is 3.46. The van der Waals surface area contributed by atoms with E-state index in [9.17, 15) is 0 Å². The highest BCUT2D eigenvalue weighted by atomic mass is 13.7. The van der Waals surface area contributed by atoms with Crippen molar-refractivity contribution in [3.63, 3.8) is 0 Å². The van der Waals surface area contributed by atoms with Crippen LogP contribution in [-0.4, -0.2) is 0 Å². The highest BCUT2D eigenvalue weighted by Crippen LogP contribution is 1.86. The van der Waals surface area contributed by atoms with Crippen molar-refractivity contribution in [3.05, 3.63) is 110 Å². The Labute approximate surface area is 117 Å². The first kappa shape index (κ1) is 16.7. The molecule has 0 fully saturated rings. The van der Waals surface area contributed by atoms with Crippen molar-refractivity contribution in [2.45, 2.75) is 6.92 Å². The summed E-state index contributed by atoms with van der Waals surface area (Å²) in [5.41, 5.74) is 0. The van der Waals surface area contributed by atoms with Crippen molar-refractivity contribution in [2.75, 3.05) is 0 Å². The first-order valence-corrected chi connectivity index (χ1v) is 6.32. The Morgan fingerprint density at radius 3 is 0.947 bits per heavy atom. The summed E-state index contributed by atoms with van der Waals surface area (Å²) < 4.78 is 0. The van der Waals surface area contributed by atoms with Crippen LogP contribution in [0.2, 0.25) is 0 Å². The maximum Gasteiger partial charge on any atom is -0.0467 e. The van der Waals surface area contributed by atoms with Crippen LogP contribution in [0.5, 0.6) is 0 Å². The van der Waals surface area contributed by atoms with Gasteiger partial charge in [-0.05, 0) is 6.92 Å². The quantitative estimate of drug-likeness (QED) is 0.489. The lowest BCUT2D eigenvalue weighted by Crippen LogP contribution is -1.53. The van der Waals surface area contributed by atoms with Gasteiger partial charge in [0.25, 0.3) is 0 Å². The Kier molecular flexibility index (Phi) is 13.7. The van der Waals surface area contributed by atoms with Gasteiger partial charge in [0.2, 0.25) is 0 Å². The van der Waals surface area contributed by atoms with Crippen molar-refractivity contribution in [1.29, 1.82) is 0 Å². The summed E-state index contributed by atoms with van der Waals surface area (Å²) in [5.74, 6) is 0. The fourth-order valence-corrected chi connectivity index (χ4v) is 1.02. The summed E-state index contributed by atoms with van der Waals surface area (Å²) in [4.78, 5) is 0. The fraction of sp³-hybridized carbons (Fsp3) is 0.0526. The SMILES string of the molecule is C=CC=CC=CC=CC=CC=CC=CC=CC=CC. The molecular formula is C19H22. The van der Waals surface area contributed by atoms with Gasteiger partial charge in [-0.1, -0.05) is 110 Å². The molecule has 0 rings (SSSR count). The molecule has 0 heteroatoms. The van der Waals surface area contributed by atoms with Crippen LogP contribution in [0.25, 0.3) is 0 Å². The summed E-state index contributed by atoms with van der Waals surface area (Å²) in [6.07, 6.45) is 33.4. The first-order valence-electron chi connectivity index (χ1n) is 6.32. The third-order valence-corrected chi connectivity index (χ3v) is 1.88. The van der Waals surface area contributed by atoms with Crippen LogP contribution in [0.1, 0.15) is 6.92 Å². The normalized spacial score (nSPS) is 14.2. The molecule has 0 amide bonds. The lowest BCUT2D eigenvalue weighted by atomic mass is 10.3. The molecular weight excluding hydrogens is 228 g/mol. The van der Waals surface area contributed by atoms with Crippen molar-refractivity contribution in [1.82, 2.24) is 0 Å². The van der Waals surface area contributed by atoms with Gasteiger partial charge in [-0.25, -0.2) is 0 Å². The lowest BCUT2D eigenvalue weighted by molar-refractivity contribution is 1.73. The van der Waals surface area contributed by atoms with Crippen molar-refractivity contribution in [3.8, 4) is 0 Å². The molecule has 0 radical (unpaired) electrons. The maximum absolute atomic E-state index is 3.59. The van der Waals surface area contributed by atoms with Crippen molar-refractivity contribution in [2.24, 2.45) is 0 Å². The highest BCUT2D eigenvalue weighted by molar-refractivity contribution is 5.21. The Morgan fingerprint density at radius 2 is 0.684 bits per heavy atom. The van der Waals surface area contributed by atoms with Gasteiger partial charge in [0, 0.05) is 0 Å². The van der Waals surface area contributed by atoms with E-state index in [4.69, 9.17) is 0 Å².